The summed E-state index contributed by atoms with van der Waals surface area (Å²) in [7, 11) is 1.54. The van der Waals surface area contributed by atoms with E-state index in [-0.39, 0.29) is 11.3 Å². The summed E-state index contributed by atoms with van der Waals surface area (Å²) in [4.78, 5) is 27.4. The second-order valence-electron chi connectivity index (χ2n) is 6.65. The molecule has 0 saturated carbocycles. The van der Waals surface area contributed by atoms with E-state index in [0.717, 1.165) is 5.56 Å². The number of nitrogens with zero attached hydrogens (tertiary/aromatic N) is 1. The average Bonchev–Trinajstić information content (AvgIpc) is 3.05. The van der Waals surface area contributed by atoms with Gasteiger partial charge in [-0.2, -0.15) is 0 Å². The third-order valence-corrected chi connectivity index (χ3v) is 4.94. The Labute approximate surface area is 168 Å². The maximum Gasteiger partial charge on any atom is 0.300 e. The number of rotatable bonds is 4. The maximum atomic E-state index is 13.0. The number of aliphatic hydroxyl groups is 1. The number of benzene rings is 3. The zero-order valence-electron chi connectivity index (χ0n) is 15.8. The quantitative estimate of drug-likeness (QED) is 0.413. The van der Waals surface area contributed by atoms with Crippen molar-refractivity contribution in [1.29, 1.82) is 0 Å². The molecule has 3 aromatic rings. The molecule has 1 aliphatic rings. The second kappa shape index (κ2) is 7.64. The van der Waals surface area contributed by atoms with Gasteiger partial charge >= 0.3 is 0 Å². The third kappa shape index (κ3) is 3.27. The Hall–Kier alpha value is -3.86. The van der Waals surface area contributed by atoms with E-state index in [4.69, 9.17) is 4.74 Å². The minimum atomic E-state index is -0.747. The number of methoxy groups -OCH3 is 1. The highest BCUT2D eigenvalue weighted by atomic mass is 16.5. The summed E-state index contributed by atoms with van der Waals surface area (Å²) in [5.74, 6) is -1.03. The van der Waals surface area contributed by atoms with Crippen LogP contribution in [0.5, 0.6) is 5.75 Å². The number of aliphatic hydroxyl groups excluding tert-OH is 1. The van der Waals surface area contributed by atoms with Crippen molar-refractivity contribution in [2.24, 2.45) is 0 Å². The van der Waals surface area contributed by atoms with E-state index in [1.54, 1.807) is 48.5 Å². The SMILES string of the molecule is COc1cccc(N2C(=O)C(=O)C(=C(O)c3ccccc3)[C@@H]2c2ccccc2)c1. The molecule has 3 aromatic carbocycles. The first-order valence-corrected chi connectivity index (χ1v) is 9.17. The van der Waals surface area contributed by atoms with Gasteiger partial charge in [0.15, 0.2) is 0 Å². The Bertz CT molecular complexity index is 1090. The van der Waals surface area contributed by atoms with E-state index in [2.05, 4.69) is 0 Å². The van der Waals surface area contributed by atoms with Crippen molar-refractivity contribution in [1.82, 2.24) is 0 Å². The summed E-state index contributed by atoms with van der Waals surface area (Å²) < 4.78 is 5.28. The minimum absolute atomic E-state index is 0.0650. The largest absolute Gasteiger partial charge is 0.507 e. The first-order valence-electron chi connectivity index (χ1n) is 9.17. The van der Waals surface area contributed by atoms with Gasteiger partial charge in [-0.05, 0) is 17.7 Å². The first kappa shape index (κ1) is 18.5. The number of amides is 1. The molecule has 144 valence electrons. The molecule has 0 unspecified atom stereocenters. The number of hydrogen-bond acceptors (Lipinski definition) is 4. The Kier molecular flexibility index (Phi) is 4.87. The van der Waals surface area contributed by atoms with Gasteiger partial charge in [0.1, 0.15) is 11.5 Å². The summed E-state index contributed by atoms with van der Waals surface area (Å²) in [5.41, 5.74) is 1.80. The molecular formula is C24H19NO4. The lowest BCUT2D eigenvalue weighted by Gasteiger charge is -2.25. The average molecular weight is 385 g/mol. The lowest BCUT2D eigenvalue weighted by Crippen LogP contribution is -2.29. The fourth-order valence-electron chi connectivity index (χ4n) is 3.56. The van der Waals surface area contributed by atoms with Crippen molar-refractivity contribution < 1.29 is 19.4 Å². The minimum Gasteiger partial charge on any atom is -0.507 e. The van der Waals surface area contributed by atoms with Gasteiger partial charge in [-0.1, -0.05) is 66.7 Å². The molecule has 5 heteroatoms. The number of carbonyl (C=O) groups excluding carboxylic acids is 2. The lowest BCUT2D eigenvalue weighted by molar-refractivity contribution is -0.132. The van der Waals surface area contributed by atoms with E-state index in [9.17, 15) is 14.7 Å². The molecule has 1 aliphatic heterocycles. The zero-order valence-corrected chi connectivity index (χ0v) is 15.8. The molecule has 0 radical (unpaired) electrons. The highest BCUT2D eigenvalue weighted by molar-refractivity contribution is 6.51. The van der Waals surface area contributed by atoms with Gasteiger partial charge < -0.3 is 9.84 Å². The van der Waals surface area contributed by atoms with Gasteiger partial charge in [0.05, 0.1) is 18.7 Å². The van der Waals surface area contributed by atoms with E-state index in [0.29, 0.717) is 17.0 Å². The van der Waals surface area contributed by atoms with Gasteiger partial charge in [0.25, 0.3) is 11.7 Å². The van der Waals surface area contributed by atoms with Crippen molar-refractivity contribution in [2.75, 3.05) is 12.0 Å². The van der Waals surface area contributed by atoms with E-state index >= 15 is 0 Å². The fourth-order valence-corrected chi connectivity index (χ4v) is 3.56. The number of anilines is 1. The Morgan fingerprint density at radius 3 is 2.21 bits per heavy atom. The van der Waals surface area contributed by atoms with Crippen molar-refractivity contribution in [3.8, 4) is 5.75 Å². The zero-order chi connectivity index (χ0) is 20.4. The molecule has 1 heterocycles. The molecule has 1 N–H and O–H groups in total. The van der Waals surface area contributed by atoms with Crippen LogP contribution < -0.4 is 9.64 Å². The highest BCUT2D eigenvalue weighted by Crippen LogP contribution is 2.42. The smallest absolute Gasteiger partial charge is 0.300 e. The molecule has 0 aliphatic carbocycles. The normalized spacial score (nSPS) is 18.1. The van der Waals surface area contributed by atoms with Crippen LogP contribution in [-0.4, -0.2) is 23.9 Å². The van der Waals surface area contributed by atoms with Crippen LogP contribution in [-0.2, 0) is 9.59 Å². The lowest BCUT2D eigenvalue weighted by atomic mass is 9.95. The van der Waals surface area contributed by atoms with Crippen LogP contribution in [0.3, 0.4) is 0 Å². The number of ketones is 1. The predicted molar refractivity (Wildman–Crippen MR) is 111 cm³/mol. The highest BCUT2D eigenvalue weighted by Gasteiger charge is 2.46. The summed E-state index contributed by atoms with van der Waals surface area (Å²) in [6, 6.07) is 24.2. The van der Waals surface area contributed by atoms with Crippen molar-refractivity contribution >= 4 is 23.1 Å². The summed E-state index contributed by atoms with van der Waals surface area (Å²) in [6.45, 7) is 0. The fraction of sp³-hybridized carbons (Fsp3) is 0.0833. The molecule has 1 atom stereocenters. The van der Waals surface area contributed by atoms with Gasteiger partial charge in [-0.3, -0.25) is 14.5 Å². The van der Waals surface area contributed by atoms with Crippen LogP contribution in [0.25, 0.3) is 5.76 Å². The molecule has 5 nitrogen and oxygen atoms in total. The molecular weight excluding hydrogens is 366 g/mol. The standard InChI is InChI=1S/C24H19NO4/c1-29-19-14-8-13-18(15-19)25-21(16-9-4-2-5-10-16)20(23(27)24(25)28)22(26)17-11-6-3-7-12-17/h2-15,21,26H,1H3/t21-/m0/s1. The van der Waals surface area contributed by atoms with Crippen LogP contribution in [0.2, 0.25) is 0 Å². The first-order chi connectivity index (χ1) is 14.1. The van der Waals surface area contributed by atoms with Crippen molar-refractivity contribution in [3.63, 3.8) is 0 Å². The van der Waals surface area contributed by atoms with Gasteiger partial charge in [0.2, 0.25) is 0 Å². The van der Waals surface area contributed by atoms with Crippen LogP contribution in [0, 0.1) is 0 Å². The van der Waals surface area contributed by atoms with Gasteiger partial charge in [-0.25, -0.2) is 0 Å². The molecule has 1 saturated heterocycles. The van der Waals surface area contributed by atoms with Crippen molar-refractivity contribution in [3.05, 3.63) is 102 Å². The summed E-state index contributed by atoms with van der Waals surface area (Å²) in [5, 5.41) is 11.0. The van der Waals surface area contributed by atoms with Crippen LogP contribution in [0.15, 0.2) is 90.5 Å². The molecule has 0 bridgehead atoms. The number of ether oxygens (including phenoxy) is 1. The van der Waals surface area contributed by atoms with Crippen LogP contribution in [0.1, 0.15) is 17.2 Å². The van der Waals surface area contributed by atoms with Crippen LogP contribution in [0.4, 0.5) is 5.69 Å². The van der Waals surface area contributed by atoms with E-state index in [1.165, 1.54) is 12.0 Å². The van der Waals surface area contributed by atoms with E-state index < -0.39 is 17.7 Å². The Morgan fingerprint density at radius 1 is 0.897 bits per heavy atom. The van der Waals surface area contributed by atoms with Crippen LogP contribution >= 0.6 is 0 Å². The van der Waals surface area contributed by atoms with Gasteiger partial charge in [0, 0.05) is 17.3 Å². The second-order valence-corrected chi connectivity index (χ2v) is 6.65. The van der Waals surface area contributed by atoms with Crippen molar-refractivity contribution in [2.45, 2.75) is 6.04 Å². The molecule has 0 aromatic heterocycles. The molecule has 29 heavy (non-hydrogen) atoms. The Morgan fingerprint density at radius 2 is 1.55 bits per heavy atom. The topological polar surface area (TPSA) is 66.8 Å². The molecule has 0 spiro atoms. The third-order valence-electron chi connectivity index (χ3n) is 4.94. The number of carbonyl (C=O) groups is 2. The van der Waals surface area contributed by atoms with E-state index in [1.807, 2.05) is 36.4 Å². The monoisotopic (exact) mass is 385 g/mol. The molecule has 1 amide bonds. The summed E-state index contributed by atoms with van der Waals surface area (Å²) in [6.07, 6.45) is 0. The molecule has 1 fully saturated rings. The number of Topliss-reactive ketones (excluding diaryl/α,β-unsaturated/α-hetero) is 1. The number of hydrogen-bond donors (Lipinski definition) is 1. The Balaban J connectivity index is 1.94. The summed E-state index contributed by atoms with van der Waals surface area (Å²) >= 11 is 0. The predicted octanol–water partition coefficient (Wildman–Crippen LogP) is 4.32. The molecule has 4 rings (SSSR count). The maximum absolute atomic E-state index is 13.0. The van der Waals surface area contributed by atoms with Gasteiger partial charge in [-0.15, -0.1) is 0 Å².